The molecule has 4 heteroatoms. The lowest BCUT2D eigenvalue weighted by Crippen LogP contribution is -2.01. The van der Waals surface area contributed by atoms with Gasteiger partial charge in [0.2, 0.25) is 0 Å². The smallest absolute Gasteiger partial charge is 0.126 e. The number of nitrogens with one attached hydrogen (secondary N) is 1. The molecule has 3 nitrogen and oxygen atoms in total. The lowest BCUT2D eigenvalue weighted by molar-refractivity contribution is 1.13. The third-order valence-electron chi connectivity index (χ3n) is 2.81. The van der Waals surface area contributed by atoms with Gasteiger partial charge in [0.25, 0.3) is 0 Å². The van der Waals surface area contributed by atoms with Crippen LogP contribution in [-0.4, -0.2) is 4.98 Å². The van der Waals surface area contributed by atoms with Gasteiger partial charge in [0.1, 0.15) is 5.82 Å². The van der Waals surface area contributed by atoms with E-state index < -0.39 is 0 Å². The van der Waals surface area contributed by atoms with Gasteiger partial charge in [0.05, 0.1) is 18.4 Å². The number of anilines is 2. The monoisotopic (exact) mass is 247 g/mol. The first kappa shape index (κ1) is 11.9. The highest BCUT2D eigenvalue weighted by Gasteiger charge is 2.02. The summed E-state index contributed by atoms with van der Waals surface area (Å²) in [6.45, 7) is 7.09. The van der Waals surface area contributed by atoms with E-state index in [0.29, 0.717) is 0 Å². The maximum atomic E-state index is 5.73. The maximum absolute atomic E-state index is 5.73. The summed E-state index contributed by atoms with van der Waals surface area (Å²) in [4.78, 5) is 6.96. The fourth-order valence-corrected chi connectivity index (χ4v) is 2.57. The van der Waals surface area contributed by atoms with Crippen LogP contribution < -0.4 is 11.1 Å². The Bertz CT molecular complexity index is 512. The summed E-state index contributed by atoms with van der Waals surface area (Å²) in [7, 11) is 0. The van der Waals surface area contributed by atoms with Gasteiger partial charge in [-0.15, -0.1) is 11.3 Å². The van der Waals surface area contributed by atoms with E-state index in [0.717, 1.165) is 23.6 Å². The van der Waals surface area contributed by atoms with Gasteiger partial charge < -0.3 is 11.1 Å². The Morgan fingerprint density at radius 2 is 2.00 bits per heavy atom. The molecule has 0 saturated heterocycles. The Balaban J connectivity index is 2.04. The fourth-order valence-electron chi connectivity index (χ4n) is 1.58. The van der Waals surface area contributed by atoms with E-state index in [1.165, 1.54) is 15.3 Å². The largest absolute Gasteiger partial charge is 0.397 e. The minimum absolute atomic E-state index is 0.735. The number of rotatable bonds is 3. The molecule has 0 aliphatic rings. The highest BCUT2D eigenvalue weighted by molar-refractivity contribution is 7.12. The predicted octanol–water partition coefficient (Wildman–Crippen LogP) is 3.26. The molecule has 17 heavy (non-hydrogen) atoms. The number of hydrogen-bond acceptors (Lipinski definition) is 4. The molecule has 0 bridgehead atoms. The van der Waals surface area contributed by atoms with E-state index in [2.05, 4.69) is 30.2 Å². The summed E-state index contributed by atoms with van der Waals surface area (Å²) in [5.41, 5.74) is 8.88. The van der Waals surface area contributed by atoms with Crippen molar-refractivity contribution in [1.29, 1.82) is 0 Å². The van der Waals surface area contributed by atoms with Gasteiger partial charge in [-0.1, -0.05) is 0 Å². The topological polar surface area (TPSA) is 50.9 Å². The van der Waals surface area contributed by atoms with Crippen molar-refractivity contribution >= 4 is 22.8 Å². The van der Waals surface area contributed by atoms with Crippen LogP contribution in [0.4, 0.5) is 11.5 Å². The van der Waals surface area contributed by atoms with Crippen LogP contribution in [0.3, 0.4) is 0 Å². The molecule has 0 atom stereocenters. The summed E-state index contributed by atoms with van der Waals surface area (Å²) < 4.78 is 0. The predicted molar refractivity (Wildman–Crippen MR) is 74.5 cm³/mol. The number of aryl methyl sites for hydroxylation is 3. The Kier molecular flexibility index (Phi) is 3.33. The Morgan fingerprint density at radius 1 is 1.24 bits per heavy atom. The molecule has 0 aromatic carbocycles. The van der Waals surface area contributed by atoms with Crippen molar-refractivity contribution in [3.8, 4) is 0 Å². The third-order valence-corrected chi connectivity index (χ3v) is 3.96. The second kappa shape index (κ2) is 4.75. The molecule has 2 aromatic rings. The average Bonchev–Trinajstić information content (AvgIpc) is 2.60. The number of hydrogen-bond donors (Lipinski definition) is 2. The van der Waals surface area contributed by atoms with Crippen LogP contribution in [0.25, 0.3) is 0 Å². The zero-order valence-corrected chi connectivity index (χ0v) is 11.2. The van der Waals surface area contributed by atoms with Crippen LogP contribution in [0.2, 0.25) is 0 Å². The van der Waals surface area contributed by atoms with Crippen LogP contribution in [0.1, 0.15) is 20.9 Å². The molecule has 3 N–H and O–H groups in total. The first-order valence-corrected chi connectivity index (χ1v) is 6.40. The molecule has 2 aromatic heterocycles. The molecule has 0 unspecified atom stereocenters. The van der Waals surface area contributed by atoms with Crippen LogP contribution in [0.5, 0.6) is 0 Å². The maximum Gasteiger partial charge on any atom is 0.126 e. The molecule has 2 heterocycles. The number of nitrogen functional groups attached to an aromatic ring is 1. The van der Waals surface area contributed by atoms with Crippen molar-refractivity contribution in [3.63, 3.8) is 0 Å². The van der Waals surface area contributed by atoms with E-state index >= 15 is 0 Å². The van der Waals surface area contributed by atoms with Crippen LogP contribution in [0, 0.1) is 20.8 Å². The zero-order valence-electron chi connectivity index (χ0n) is 10.4. The number of aromatic nitrogens is 1. The van der Waals surface area contributed by atoms with Gasteiger partial charge in [-0.3, -0.25) is 0 Å². The zero-order chi connectivity index (χ0) is 12.4. The summed E-state index contributed by atoms with van der Waals surface area (Å²) in [6, 6.07) is 4.19. The second-order valence-electron chi connectivity index (χ2n) is 4.23. The van der Waals surface area contributed by atoms with Gasteiger partial charge >= 0.3 is 0 Å². The van der Waals surface area contributed by atoms with Crippen molar-refractivity contribution in [2.75, 3.05) is 11.1 Å². The fraction of sp³-hybridized carbons (Fsp3) is 0.308. The van der Waals surface area contributed by atoms with E-state index in [9.17, 15) is 0 Å². The Morgan fingerprint density at radius 3 is 2.59 bits per heavy atom. The molecular weight excluding hydrogens is 230 g/mol. The number of pyridine rings is 1. The number of nitrogens with two attached hydrogens (primary N) is 1. The molecule has 0 aliphatic heterocycles. The summed E-state index contributed by atoms with van der Waals surface area (Å²) in [6.07, 6.45) is 1.70. The van der Waals surface area contributed by atoms with E-state index in [1.807, 2.05) is 24.3 Å². The summed E-state index contributed by atoms with van der Waals surface area (Å²) >= 11 is 1.83. The van der Waals surface area contributed by atoms with Crippen molar-refractivity contribution in [1.82, 2.24) is 4.98 Å². The van der Waals surface area contributed by atoms with Gasteiger partial charge in [-0.25, -0.2) is 4.98 Å². The molecule has 0 spiro atoms. The van der Waals surface area contributed by atoms with E-state index in [1.54, 1.807) is 6.20 Å². The molecule has 0 fully saturated rings. The summed E-state index contributed by atoms with van der Waals surface area (Å²) in [5.74, 6) is 0.875. The third kappa shape index (κ3) is 2.77. The van der Waals surface area contributed by atoms with Gasteiger partial charge in [-0.05, 0) is 44.0 Å². The normalized spacial score (nSPS) is 10.5. The highest BCUT2D eigenvalue weighted by Crippen LogP contribution is 2.21. The SMILES string of the molecule is Cc1cc(NCc2cc(C)c(C)s2)ncc1N. The molecule has 2 rings (SSSR count). The average molecular weight is 247 g/mol. The molecular formula is C13H17N3S. The van der Waals surface area contributed by atoms with E-state index in [4.69, 9.17) is 5.73 Å². The quantitative estimate of drug-likeness (QED) is 0.875. The van der Waals surface area contributed by atoms with Crippen LogP contribution in [-0.2, 0) is 6.54 Å². The van der Waals surface area contributed by atoms with Gasteiger partial charge in [0.15, 0.2) is 0 Å². The molecule has 90 valence electrons. The van der Waals surface area contributed by atoms with Gasteiger partial charge in [-0.2, -0.15) is 0 Å². The Hall–Kier alpha value is -1.55. The Labute approximate surface area is 106 Å². The highest BCUT2D eigenvalue weighted by atomic mass is 32.1. The van der Waals surface area contributed by atoms with Crippen LogP contribution in [0.15, 0.2) is 18.3 Å². The minimum Gasteiger partial charge on any atom is -0.397 e. The van der Waals surface area contributed by atoms with Crippen molar-refractivity contribution < 1.29 is 0 Å². The standard InChI is InChI=1S/C13H17N3S/c1-8-4-11(17-10(8)3)6-15-13-5-9(2)12(14)7-16-13/h4-5,7H,6,14H2,1-3H3,(H,15,16). The van der Waals surface area contributed by atoms with Crippen molar-refractivity contribution in [2.24, 2.45) is 0 Å². The summed E-state index contributed by atoms with van der Waals surface area (Å²) in [5, 5.41) is 3.31. The lowest BCUT2D eigenvalue weighted by atomic mass is 10.2. The molecule has 0 aliphatic carbocycles. The minimum atomic E-state index is 0.735. The number of nitrogens with zero attached hydrogens (tertiary/aromatic N) is 1. The van der Waals surface area contributed by atoms with Crippen LogP contribution >= 0.6 is 11.3 Å². The molecule has 0 saturated carbocycles. The van der Waals surface area contributed by atoms with Crippen molar-refractivity contribution in [3.05, 3.63) is 39.2 Å². The van der Waals surface area contributed by atoms with E-state index in [-0.39, 0.29) is 0 Å². The lowest BCUT2D eigenvalue weighted by Gasteiger charge is -2.06. The first-order valence-electron chi connectivity index (χ1n) is 5.58. The first-order chi connectivity index (χ1) is 8.06. The number of thiophene rings is 1. The second-order valence-corrected chi connectivity index (χ2v) is 5.57. The van der Waals surface area contributed by atoms with Gasteiger partial charge in [0, 0.05) is 9.75 Å². The molecule has 0 radical (unpaired) electrons. The van der Waals surface area contributed by atoms with Crippen molar-refractivity contribution in [2.45, 2.75) is 27.3 Å². The molecule has 0 amide bonds.